The number of rotatable bonds is 3. The van der Waals surface area contributed by atoms with E-state index in [1.165, 1.54) is 12.1 Å². The lowest BCUT2D eigenvalue weighted by Gasteiger charge is -2.07. The second kappa shape index (κ2) is 6.88. The van der Waals surface area contributed by atoms with Crippen LogP contribution < -0.4 is 11.5 Å². The summed E-state index contributed by atoms with van der Waals surface area (Å²) in [6.07, 6.45) is 0. The maximum Gasteiger partial charge on any atom is 0.270 e. The predicted octanol–water partition coefficient (Wildman–Crippen LogP) is 2.53. The standard InChI is InChI=1S/C15H12N6O2.ClH/c16-15(17)18-14-12-8-10(21(22)23)6-7-11(12)13(19-20-14)9-4-2-1-3-5-9;/h1-8H,(H4,16,17,18,20);1H. The fourth-order valence-corrected chi connectivity index (χ4v) is 2.26. The van der Waals surface area contributed by atoms with Crippen molar-refractivity contribution in [3.8, 4) is 11.3 Å². The zero-order chi connectivity index (χ0) is 16.4. The van der Waals surface area contributed by atoms with Gasteiger partial charge in [-0.3, -0.25) is 10.1 Å². The van der Waals surface area contributed by atoms with Gasteiger partial charge < -0.3 is 11.5 Å². The van der Waals surface area contributed by atoms with E-state index in [0.29, 0.717) is 16.5 Å². The van der Waals surface area contributed by atoms with Gasteiger partial charge in [0.15, 0.2) is 11.8 Å². The Kier molecular flexibility index (Phi) is 4.90. The second-order valence-electron chi connectivity index (χ2n) is 4.76. The largest absolute Gasteiger partial charge is 0.370 e. The summed E-state index contributed by atoms with van der Waals surface area (Å²) in [6, 6.07) is 13.8. The van der Waals surface area contributed by atoms with E-state index in [1.54, 1.807) is 6.07 Å². The van der Waals surface area contributed by atoms with Crippen LogP contribution in [0.3, 0.4) is 0 Å². The fourth-order valence-electron chi connectivity index (χ4n) is 2.26. The van der Waals surface area contributed by atoms with E-state index >= 15 is 0 Å². The molecule has 0 aliphatic carbocycles. The van der Waals surface area contributed by atoms with Crippen LogP contribution in [-0.4, -0.2) is 21.1 Å². The maximum atomic E-state index is 11.0. The lowest BCUT2D eigenvalue weighted by atomic mass is 10.0. The maximum absolute atomic E-state index is 11.0. The molecule has 2 aromatic carbocycles. The molecule has 3 rings (SSSR count). The molecule has 9 heteroatoms. The van der Waals surface area contributed by atoms with Gasteiger partial charge in [0.2, 0.25) is 0 Å². The Morgan fingerprint density at radius 1 is 1.04 bits per heavy atom. The molecule has 24 heavy (non-hydrogen) atoms. The van der Waals surface area contributed by atoms with Crippen molar-refractivity contribution in [3.05, 3.63) is 58.6 Å². The number of aliphatic imine (C=N–C) groups is 1. The van der Waals surface area contributed by atoms with Crippen molar-refractivity contribution in [2.75, 3.05) is 0 Å². The zero-order valence-electron chi connectivity index (χ0n) is 12.3. The Bertz CT molecular complexity index is 926. The molecule has 0 saturated heterocycles. The lowest BCUT2D eigenvalue weighted by Crippen LogP contribution is -2.22. The van der Waals surface area contributed by atoms with Gasteiger partial charge in [-0.15, -0.1) is 22.6 Å². The van der Waals surface area contributed by atoms with Crippen molar-refractivity contribution in [2.45, 2.75) is 0 Å². The molecule has 0 aliphatic heterocycles. The van der Waals surface area contributed by atoms with Gasteiger partial charge in [0.05, 0.1) is 4.92 Å². The normalized spacial score (nSPS) is 10.0. The van der Waals surface area contributed by atoms with Crippen molar-refractivity contribution in [1.82, 2.24) is 10.2 Å². The summed E-state index contributed by atoms with van der Waals surface area (Å²) in [7, 11) is 0. The van der Waals surface area contributed by atoms with Gasteiger partial charge in [0.25, 0.3) is 5.69 Å². The Labute approximate surface area is 142 Å². The summed E-state index contributed by atoms with van der Waals surface area (Å²) in [5.74, 6) is -0.0528. The highest BCUT2D eigenvalue weighted by atomic mass is 35.5. The fraction of sp³-hybridized carbons (Fsp3) is 0. The summed E-state index contributed by atoms with van der Waals surface area (Å²) >= 11 is 0. The first-order valence-electron chi connectivity index (χ1n) is 6.66. The topological polar surface area (TPSA) is 133 Å². The average molecular weight is 345 g/mol. The van der Waals surface area contributed by atoms with E-state index in [-0.39, 0.29) is 29.9 Å². The highest BCUT2D eigenvalue weighted by molar-refractivity contribution is 6.01. The van der Waals surface area contributed by atoms with Crippen LogP contribution in [0.4, 0.5) is 11.5 Å². The van der Waals surface area contributed by atoms with Crippen molar-refractivity contribution < 1.29 is 4.92 Å². The number of benzene rings is 2. The smallest absolute Gasteiger partial charge is 0.270 e. The Balaban J connectivity index is 0.00000208. The summed E-state index contributed by atoms with van der Waals surface area (Å²) in [5, 5.41) is 20.3. The first-order chi connectivity index (χ1) is 11.1. The second-order valence-corrected chi connectivity index (χ2v) is 4.76. The molecule has 0 spiro atoms. The molecule has 0 unspecified atom stereocenters. The molecule has 0 bridgehead atoms. The number of guanidine groups is 1. The molecule has 0 aliphatic rings. The molecule has 1 aromatic heterocycles. The number of nitro benzene ring substituents is 1. The van der Waals surface area contributed by atoms with Crippen LogP contribution in [0.2, 0.25) is 0 Å². The van der Waals surface area contributed by atoms with E-state index in [0.717, 1.165) is 5.56 Å². The van der Waals surface area contributed by atoms with E-state index in [4.69, 9.17) is 11.5 Å². The molecule has 0 radical (unpaired) electrons. The first-order valence-corrected chi connectivity index (χ1v) is 6.66. The summed E-state index contributed by atoms with van der Waals surface area (Å²) in [6.45, 7) is 0. The SMILES string of the molecule is Cl.NC(N)=Nc1nnc(-c2ccccc2)c2ccc([N+](=O)[O-])cc12. The number of halogens is 1. The molecule has 3 aromatic rings. The molecule has 8 nitrogen and oxygen atoms in total. The molecule has 0 fully saturated rings. The van der Waals surface area contributed by atoms with Crippen LogP contribution in [-0.2, 0) is 0 Å². The van der Waals surface area contributed by atoms with E-state index < -0.39 is 4.92 Å². The van der Waals surface area contributed by atoms with Crippen molar-refractivity contribution >= 4 is 40.6 Å². The lowest BCUT2D eigenvalue weighted by molar-refractivity contribution is -0.384. The van der Waals surface area contributed by atoms with Crippen LogP contribution in [0.1, 0.15) is 0 Å². The van der Waals surface area contributed by atoms with Gasteiger partial charge >= 0.3 is 0 Å². The summed E-state index contributed by atoms with van der Waals surface area (Å²) in [5.41, 5.74) is 12.1. The molecular weight excluding hydrogens is 332 g/mol. The molecule has 4 N–H and O–H groups in total. The van der Waals surface area contributed by atoms with Crippen molar-refractivity contribution in [2.24, 2.45) is 16.5 Å². The van der Waals surface area contributed by atoms with Gasteiger partial charge in [-0.2, -0.15) is 4.99 Å². The molecule has 0 atom stereocenters. The van der Waals surface area contributed by atoms with Gasteiger partial charge in [-0.1, -0.05) is 30.3 Å². The number of aromatic nitrogens is 2. The third-order valence-corrected chi connectivity index (χ3v) is 3.24. The van der Waals surface area contributed by atoms with Gasteiger partial charge in [0.1, 0.15) is 5.69 Å². The van der Waals surface area contributed by atoms with Crippen LogP contribution in [0.25, 0.3) is 22.0 Å². The summed E-state index contributed by atoms with van der Waals surface area (Å²) in [4.78, 5) is 14.4. The van der Waals surface area contributed by atoms with Crippen molar-refractivity contribution in [3.63, 3.8) is 0 Å². The number of nitro groups is 1. The van der Waals surface area contributed by atoms with Crippen molar-refractivity contribution in [1.29, 1.82) is 0 Å². The molecule has 1 heterocycles. The Morgan fingerprint density at radius 2 is 1.75 bits per heavy atom. The minimum absolute atomic E-state index is 0. The molecule has 0 saturated carbocycles. The average Bonchev–Trinajstić information content (AvgIpc) is 2.55. The third kappa shape index (κ3) is 3.23. The minimum atomic E-state index is -0.485. The zero-order valence-corrected chi connectivity index (χ0v) is 13.1. The summed E-state index contributed by atoms with van der Waals surface area (Å²) < 4.78 is 0. The number of fused-ring (bicyclic) bond motifs is 1. The van der Waals surface area contributed by atoms with Gasteiger partial charge in [-0.05, 0) is 6.07 Å². The van der Waals surface area contributed by atoms with E-state index in [1.807, 2.05) is 30.3 Å². The number of nitrogens with zero attached hydrogens (tertiary/aromatic N) is 4. The van der Waals surface area contributed by atoms with Gasteiger partial charge in [0, 0.05) is 28.5 Å². The van der Waals surface area contributed by atoms with Crippen LogP contribution in [0.15, 0.2) is 53.5 Å². The quantitative estimate of drug-likeness (QED) is 0.324. The predicted molar refractivity (Wildman–Crippen MR) is 94.3 cm³/mol. The van der Waals surface area contributed by atoms with E-state index in [2.05, 4.69) is 15.2 Å². The molecule has 0 amide bonds. The number of hydrogen-bond donors (Lipinski definition) is 2. The monoisotopic (exact) mass is 344 g/mol. The third-order valence-electron chi connectivity index (χ3n) is 3.24. The van der Waals surface area contributed by atoms with Crippen LogP contribution >= 0.6 is 12.4 Å². The van der Waals surface area contributed by atoms with Crippen LogP contribution in [0.5, 0.6) is 0 Å². The van der Waals surface area contributed by atoms with Gasteiger partial charge in [-0.25, -0.2) is 0 Å². The van der Waals surface area contributed by atoms with E-state index in [9.17, 15) is 10.1 Å². The Morgan fingerprint density at radius 3 is 2.38 bits per heavy atom. The minimum Gasteiger partial charge on any atom is -0.370 e. The highest BCUT2D eigenvalue weighted by Gasteiger charge is 2.15. The number of non-ortho nitro benzene ring substituents is 1. The number of hydrogen-bond acceptors (Lipinski definition) is 5. The number of nitrogens with two attached hydrogens (primary N) is 2. The Hall–Kier alpha value is -3.26. The molecule has 122 valence electrons. The molecular formula is C15H13ClN6O2. The highest BCUT2D eigenvalue weighted by Crippen LogP contribution is 2.33. The first kappa shape index (κ1) is 17.1. The van der Waals surface area contributed by atoms with Crippen LogP contribution in [0, 0.1) is 10.1 Å².